The highest BCUT2D eigenvalue weighted by Gasteiger charge is 2.34. The lowest BCUT2D eigenvalue weighted by molar-refractivity contribution is -0.138. The number of thiophene rings is 1. The van der Waals surface area contributed by atoms with E-state index in [1.165, 1.54) is 23.5 Å². The summed E-state index contributed by atoms with van der Waals surface area (Å²) in [5.41, 5.74) is 2.07. The van der Waals surface area contributed by atoms with Crippen LogP contribution < -0.4 is 10.1 Å². The number of nitrogens with one attached hydrogen (secondary N) is 1. The number of hydrogen-bond acceptors (Lipinski definition) is 7. The highest BCUT2D eigenvalue weighted by molar-refractivity contribution is 7.16. The first-order valence-corrected chi connectivity index (χ1v) is 15.0. The van der Waals surface area contributed by atoms with Crippen LogP contribution in [0.3, 0.4) is 0 Å². The molecule has 1 aliphatic rings. The molecule has 1 amide bonds. The monoisotopic (exact) mass is 617 g/mol. The number of aromatic nitrogens is 2. The molecule has 44 heavy (non-hydrogen) atoms. The molecule has 3 aromatic heterocycles. The van der Waals surface area contributed by atoms with E-state index in [4.69, 9.17) is 9.72 Å². The summed E-state index contributed by atoms with van der Waals surface area (Å²) in [6.45, 7) is 5.04. The normalized spacial score (nSPS) is 14.6. The van der Waals surface area contributed by atoms with Crippen molar-refractivity contribution >= 4 is 33.1 Å². The van der Waals surface area contributed by atoms with Crippen LogP contribution >= 0.6 is 11.3 Å². The number of anilines is 1. The number of piperazine rings is 1. The first-order chi connectivity index (χ1) is 21.1. The van der Waals surface area contributed by atoms with Crippen molar-refractivity contribution < 1.29 is 22.7 Å². The van der Waals surface area contributed by atoms with Gasteiger partial charge in [-0.2, -0.15) is 13.2 Å². The van der Waals surface area contributed by atoms with Crippen molar-refractivity contribution in [3.63, 3.8) is 0 Å². The lowest BCUT2D eigenvalue weighted by Gasteiger charge is -2.33. The highest BCUT2D eigenvalue weighted by Crippen LogP contribution is 2.38. The molecule has 1 saturated heterocycles. The quantitative estimate of drug-likeness (QED) is 0.204. The van der Waals surface area contributed by atoms with Crippen molar-refractivity contribution in [1.82, 2.24) is 19.8 Å². The lowest BCUT2D eigenvalue weighted by atomic mass is 10.0. The van der Waals surface area contributed by atoms with Gasteiger partial charge in [0.2, 0.25) is 0 Å². The number of amides is 1. The van der Waals surface area contributed by atoms with Gasteiger partial charge in [-0.25, -0.2) is 4.98 Å². The number of pyridine rings is 2. The van der Waals surface area contributed by atoms with Crippen LogP contribution in [0.25, 0.3) is 21.5 Å². The Morgan fingerprint density at radius 1 is 1.02 bits per heavy atom. The van der Waals surface area contributed by atoms with Gasteiger partial charge in [-0.1, -0.05) is 12.1 Å². The third-order valence-corrected chi connectivity index (χ3v) is 8.50. The van der Waals surface area contributed by atoms with Gasteiger partial charge in [0, 0.05) is 74.1 Å². The Morgan fingerprint density at radius 2 is 1.84 bits per heavy atom. The number of rotatable bonds is 7. The standard InChI is InChI=1S/C33H30F3N5O2S/c1-21-5-8-25(17-29(21)43-30-18-28(23-4-3-10-37-19-23)39-32-26(30)9-15-44-32)38-31(42)22-6-7-24(27(16-22)33(34,35)36)20-41-13-11-40(2)12-14-41/h3-10,15-19H,11-14,20H2,1-2H3,(H,38,42). The van der Waals surface area contributed by atoms with Crippen molar-refractivity contribution in [3.8, 4) is 22.8 Å². The van der Waals surface area contributed by atoms with E-state index in [1.54, 1.807) is 30.6 Å². The summed E-state index contributed by atoms with van der Waals surface area (Å²) in [7, 11) is 2.00. The van der Waals surface area contributed by atoms with E-state index in [-0.39, 0.29) is 17.7 Å². The van der Waals surface area contributed by atoms with Gasteiger partial charge in [-0.3, -0.25) is 14.7 Å². The van der Waals surface area contributed by atoms with Crippen LogP contribution in [-0.4, -0.2) is 58.9 Å². The molecule has 0 spiro atoms. The van der Waals surface area contributed by atoms with Gasteiger partial charge in [0.05, 0.1) is 16.6 Å². The summed E-state index contributed by atoms with van der Waals surface area (Å²) in [5, 5.41) is 5.52. The average molecular weight is 618 g/mol. The topological polar surface area (TPSA) is 70.6 Å². The van der Waals surface area contributed by atoms with E-state index in [0.29, 0.717) is 36.0 Å². The first kappa shape index (κ1) is 29.7. The Morgan fingerprint density at radius 3 is 2.59 bits per heavy atom. The van der Waals surface area contributed by atoms with Crippen LogP contribution in [0, 0.1) is 6.92 Å². The molecule has 0 bridgehead atoms. The number of ether oxygens (including phenoxy) is 1. The summed E-state index contributed by atoms with van der Waals surface area (Å²) in [5.74, 6) is 0.448. The first-order valence-electron chi connectivity index (χ1n) is 14.1. The SMILES string of the molecule is Cc1ccc(NC(=O)c2ccc(CN3CCN(C)CC3)c(C(F)(F)F)c2)cc1Oc1cc(-c2cccnc2)nc2sccc12. The molecule has 226 valence electrons. The van der Waals surface area contributed by atoms with E-state index in [1.807, 2.05) is 48.5 Å². The van der Waals surface area contributed by atoms with Crippen LogP contribution in [0.15, 0.2) is 78.4 Å². The van der Waals surface area contributed by atoms with E-state index >= 15 is 0 Å². The van der Waals surface area contributed by atoms with Crippen molar-refractivity contribution in [3.05, 3.63) is 101 Å². The number of nitrogens with zero attached hydrogens (tertiary/aromatic N) is 4. The maximum Gasteiger partial charge on any atom is 0.416 e. The highest BCUT2D eigenvalue weighted by atomic mass is 32.1. The Bertz CT molecular complexity index is 1800. The molecule has 4 heterocycles. The molecule has 0 atom stereocenters. The number of aryl methyl sites for hydroxylation is 1. The zero-order chi connectivity index (χ0) is 30.8. The molecule has 6 rings (SSSR count). The minimum absolute atomic E-state index is 0.0716. The number of fused-ring (bicyclic) bond motifs is 1. The smallest absolute Gasteiger partial charge is 0.416 e. The molecular formula is C33H30F3N5O2S. The number of likely N-dealkylation sites (N-methyl/N-ethyl adjacent to an activating group) is 1. The van der Waals surface area contributed by atoms with Gasteiger partial charge in [0.25, 0.3) is 5.91 Å². The second kappa shape index (κ2) is 12.4. The largest absolute Gasteiger partial charge is 0.456 e. The molecule has 0 saturated carbocycles. The lowest BCUT2D eigenvalue weighted by Crippen LogP contribution is -2.44. The van der Waals surface area contributed by atoms with E-state index in [2.05, 4.69) is 15.2 Å². The average Bonchev–Trinajstić information content (AvgIpc) is 3.49. The predicted octanol–water partition coefficient (Wildman–Crippen LogP) is 7.48. The molecular weight excluding hydrogens is 587 g/mol. The summed E-state index contributed by atoms with van der Waals surface area (Å²) in [4.78, 5) is 27.1. The number of halogens is 3. The van der Waals surface area contributed by atoms with Gasteiger partial charge >= 0.3 is 6.18 Å². The molecule has 1 N–H and O–H groups in total. The molecule has 1 aliphatic heterocycles. The molecule has 0 unspecified atom stereocenters. The van der Waals surface area contributed by atoms with Crippen LogP contribution in [0.1, 0.15) is 27.0 Å². The van der Waals surface area contributed by atoms with E-state index in [0.717, 1.165) is 40.5 Å². The van der Waals surface area contributed by atoms with Gasteiger partial charge < -0.3 is 15.0 Å². The zero-order valence-corrected chi connectivity index (χ0v) is 25.0. The molecule has 2 aromatic carbocycles. The second-order valence-electron chi connectivity index (χ2n) is 10.9. The Balaban J connectivity index is 1.23. The number of carbonyl (C=O) groups is 1. The fraction of sp³-hybridized carbons (Fsp3) is 0.242. The van der Waals surface area contributed by atoms with E-state index in [9.17, 15) is 18.0 Å². The van der Waals surface area contributed by atoms with Crippen molar-refractivity contribution in [2.24, 2.45) is 0 Å². The summed E-state index contributed by atoms with van der Waals surface area (Å²) >= 11 is 1.49. The fourth-order valence-corrected chi connectivity index (χ4v) is 5.92. The van der Waals surface area contributed by atoms with Crippen molar-refractivity contribution in [2.75, 3.05) is 38.5 Å². The van der Waals surface area contributed by atoms with Crippen LogP contribution in [0.2, 0.25) is 0 Å². The zero-order valence-electron chi connectivity index (χ0n) is 24.2. The Labute approximate surface area is 256 Å². The maximum absolute atomic E-state index is 14.1. The molecule has 11 heteroatoms. The van der Waals surface area contributed by atoms with Crippen molar-refractivity contribution in [2.45, 2.75) is 19.6 Å². The number of carbonyl (C=O) groups excluding carboxylic acids is 1. The fourth-order valence-electron chi connectivity index (χ4n) is 5.14. The summed E-state index contributed by atoms with van der Waals surface area (Å²) in [6, 6.07) is 16.5. The van der Waals surface area contributed by atoms with Gasteiger partial charge in [0.15, 0.2) is 0 Å². The van der Waals surface area contributed by atoms with Crippen LogP contribution in [0.4, 0.5) is 18.9 Å². The summed E-state index contributed by atoms with van der Waals surface area (Å²) in [6.07, 6.45) is -1.16. The third-order valence-electron chi connectivity index (χ3n) is 7.69. The van der Waals surface area contributed by atoms with Crippen molar-refractivity contribution in [1.29, 1.82) is 0 Å². The van der Waals surface area contributed by atoms with Crippen LogP contribution in [-0.2, 0) is 12.7 Å². The van der Waals surface area contributed by atoms with E-state index < -0.39 is 17.6 Å². The molecule has 0 aliphatic carbocycles. The van der Waals surface area contributed by atoms with Gasteiger partial charge in [0.1, 0.15) is 16.3 Å². The molecule has 1 fully saturated rings. The third kappa shape index (κ3) is 6.59. The van der Waals surface area contributed by atoms with Crippen LogP contribution in [0.5, 0.6) is 11.5 Å². The van der Waals surface area contributed by atoms with Gasteiger partial charge in [-0.15, -0.1) is 11.3 Å². The minimum Gasteiger partial charge on any atom is -0.456 e. The minimum atomic E-state index is -4.59. The Hall–Kier alpha value is -4.32. The molecule has 7 nitrogen and oxygen atoms in total. The summed E-state index contributed by atoms with van der Waals surface area (Å²) < 4.78 is 48.6. The number of hydrogen-bond donors (Lipinski definition) is 1. The Kier molecular flexibility index (Phi) is 8.35. The molecule has 5 aromatic rings. The number of benzene rings is 2. The van der Waals surface area contributed by atoms with Gasteiger partial charge in [-0.05, 0) is 66.9 Å². The second-order valence-corrected chi connectivity index (χ2v) is 11.8. The maximum atomic E-state index is 14.1. The molecule has 0 radical (unpaired) electrons. The number of alkyl halides is 3. The predicted molar refractivity (Wildman–Crippen MR) is 166 cm³/mol.